The van der Waals surface area contributed by atoms with Gasteiger partial charge in [-0.1, -0.05) is 12.1 Å². The van der Waals surface area contributed by atoms with Gasteiger partial charge < -0.3 is 10.4 Å². The monoisotopic (exact) mass is 223 g/mol. The molecule has 0 spiro atoms. The molecule has 0 amide bonds. The van der Waals surface area contributed by atoms with Crippen molar-refractivity contribution in [2.24, 2.45) is 0 Å². The number of aryl methyl sites for hydroxylation is 1. The minimum atomic E-state index is -0.163. The lowest BCUT2D eigenvalue weighted by Crippen LogP contribution is -2.53. The average Bonchev–Trinajstić information content (AvgIpc) is 2.22. The molecule has 3 heteroatoms. The molecule has 88 valence electrons. The van der Waals surface area contributed by atoms with E-state index in [1.54, 1.807) is 13.0 Å². The highest BCUT2D eigenvalue weighted by molar-refractivity contribution is 5.24. The van der Waals surface area contributed by atoms with Gasteiger partial charge in [0.25, 0.3) is 0 Å². The molecule has 0 aliphatic heterocycles. The van der Waals surface area contributed by atoms with Crippen molar-refractivity contribution in [1.82, 2.24) is 5.32 Å². The van der Waals surface area contributed by atoms with E-state index < -0.39 is 0 Å². The Labute approximate surface area is 95.5 Å². The molecular formula is C13H18FNO. The Morgan fingerprint density at radius 1 is 1.44 bits per heavy atom. The molecule has 1 aromatic rings. The lowest BCUT2D eigenvalue weighted by atomic mass is 9.77. The predicted molar refractivity (Wildman–Crippen MR) is 61.6 cm³/mol. The standard InChI is InChI=1S/C13H18FNO/c1-10-7-11(3-4-12(10)14)8-15-13(9-16)5-2-6-13/h3-4,7,15-16H,2,5-6,8-9H2,1H3. The van der Waals surface area contributed by atoms with Gasteiger partial charge in [0, 0.05) is 12.1 Å². The summed E-state index contributed by atoms with van der Waals surface area (Å²) in [5.74, 6) is -0.163. The van der Waals surface area contributed by atoms with Gasteiger partial charge in [0.1, 0.15) is 5.82 Å². The van der Waals surface area contributed by atoms with Crippen LogP contribution in [-0.4, -0.2) is 17.3 Å². The molecule has 16 heavy (non-hydrogen) atoms. The first-order valence-electron chi connectivity index (χ1n) is 5.76. The normalized spacial score (nSPS) is 18.2. The number of aliphatic hydroxyl groups excluding tert-OH is 1. The molecule has 0 heterocycles. The summed E-state index contributed by atoms with van der Waals surface area (Å²) >= 11 is 0. The number of benzene rings is 1. The smallest absolute Gasteiger partial charge is 0.126 e. The Balaban J connectivity index is 1.96. The second-order valence-electron chi connectivity index (χ2n) is 4.73. The minimum absolute atomic E-state index is 0.0811. The maximum absolute atomic E-state index is 13.1. The van der Waals surface area contributed by atoms with Crippen LogP contribution in [0.2, 0.25) is 0 Å². The molecule has 0 saturated heterocycles. The second-order valence-corrected chi connectivity index (χ2v) is 4.73. The van der Waals surface area contributed by atoms with E-state index in [1.807, 2.05) is 6.07 Å². The van der Waals surface area contributed by atoms with Crippen molar-refractivity contribution < 1.29 is 9.50 Å². The van der Waals surface area contributed by atoms with Gasteiger partial charge in [0.05, 0.1) is 6.61 Å². The molecule has 0 unspecified atom stereocenters. The fourth-order valence-electron chi connectivity index (χ4n) is 2.10. The highest BCUT2D eigenvalue weighted by Crippen LogP contribution is 2.31. The third-order valence-electron chi connectivity index (χ3n) is 3.50. The van der Waals surface area contributed by atoms with Gasteiger partial charge in [-0.25, -0.2) is 4.39 Å². The van der Waals surface area contributed by atoms with E-state index in [9.17, 15) is 9.50 Å². The Kier molecular flexibility index (Phi) is 3.26. The van der Waals surface area contributed by atoms with E-state index in [-0.39, 0.29) is 18.0 Å². The molecule has 2 nitrogen and oxygen atoms in total. The van der Waals surface area contributed by atoms with E-state index in [0.717, 1.165) is 18.4 Å². The van der Waals surface area contributed by atoms with Gasteiger partial charge in [-0.3, -0.25) is 0 Å². The summed E-state index contributed by atoms with van der Waals surface area (Å²) in [6.07, 6.45) is 3.24. The van der Waals surface area contributed by atoms with Gasteiger partial charge in [-0.15, -0.1) is 0 Å². The van der Waals surface area contributed by atoms with Crippen LogP contribution in [0.15, 0.2) is 18.2 Å². The van der Waals surface area contributed by atoms with Crippen molar-refractivity contribution >= 4 is 0 Å². The molecule has 1 aliphatic rings. The summed E-state index contributed by atoms with van der Waals surface area (Å²) in [6.45, 7) is 2.65. The molecule has 1 aliphatic carbocycles. The van der Waals surface area contributed by atoms with Gasteiger partial charge in [0.15, 0.2) is 0 Å². The van der Waals surface area contributed by atoms with Crippen LogP contribution >= 0.6 is 0 Å². The average molecular weight is 223 g/mol. The van der Waals surface area contributed by atoms with Crippen molar-refractivity contribution in [1.29, 1.82) is 0 Å². The van der Waals surface area contributed by atoms with Gasteiger partial charge in [-0.05, 0) is 43.4 Å². The molecule has 2 N–H and O–H groups in total. The number of hydrogen-bond donors (Lipinski definition) is 2. The van der Waals surface area contributed by atoms with Crippen LogP contribution in [0.3, 0.4) is 0 Å². The Bertz CT molecular complexity index is 369. The highest BCUT2D eigenvalue weighted by Gasteiger charge is 2.35. The Morgan fingerprint density at radius 3 is 2.69 bits per heavy atom. The van der Waals surface area contributed by atoms with Crippen molar-refractivity contribution in [2.45, 2.75) is 38.3 Å². The summed E-state index contributed by atoms with van der Waals surface area (Å²) in [4.78, 5) is 0. The largest absolute Gasteiger partial charge is 0.394 e. The van der Waals surface area contributed by atoms with Crippen molar-refractivity contribution in [3.8, 4) is 0 Å². The van der Waals surface area contributed by atoms with E-state index in [4.69, 9.17) is 0 Å². The molecule has 1 aromatic carbocycles. The summed E-state index contributed by atoms with van der Waals surface area (Å²) in [6, 6.07) is 5.14. The molecule has 0 radical (unpaired) electrons. The summed E-state index contributed by atoms with van der Waals surface area (Å²) in [5, 5.41) is 12.7. The lowest BCUT2D eigenvalue weighted by molar-refractivity contribution is 0.0872. The van der Waals surface area contributed by atoms with E-state index >= 15 is 0 Å². The van der Waals surface area contributed by atoms with Crippen LogP contribution < -0.4 is 5.32 Å². The van der Waals surface area contributed by atoms with Crippen LogP contribution in [0.4, 0.5) is 4.39 Å². The van der Waals surface area contributed by atoms with E-state index in [2.05, 4.69) is 5.32 Å². The number of nitrogens with one attached hydrogen (secondary N) is 1. The first-order valence-corrected chi connectivity index (χ1v) is 5.76. The minimum Gasteiger partial charge on any atom is -0.394 e. The highest BCUT2D eigenvalue weighted by atomic mass is 19.1. The summed E-state index contributed by atoms with van der Waals surface area (Å²) in [7, 11) is 0. The first kappa shape index (κ1) is 11.6. The van der Waals surface area contributed by atoms with Crippen LogP contribution in [0.25, 0.3) is 0 Å². The maximum Gasteiger partial charge on any atom is 0.126 e. The quantitative estimate of drug-likeness (QED) is 0.819. The summed E-state index contributed by atoms with van der Waals surface area (Å²) < 4.78 is 13.1. The van der Waals surface area contributed by atoms with Gasteiger partial charge in [-0.2, -0.15) is 0 Å². The van der Waals surface area contributed by atoms with Crippen LogP contribution in [-0.2, 0) is 6.54 Å². The number of aliphatic hydroxyl groups is 1. The molecule has 2 rings (SSSR count). The van der Waals surface area contributed by atoms with E-state index in [1.165, 1.54) is 12.5 Å². The van der Waals surface area contributed by atoms with Crippen LogP contribution in [0.1, 0.15) is 30.4 Å². The van der Waals surface area contributed by atoms with Gasteiger partial charge >= 0.3 is 0 Å². The van der Waals surface area contributed by atoms with E-state index in [0.29, 0.717) is 12.1 Å². The SMILES string of the molecule is Cc1cc(CNC2(CO)CCC2)ccc1F. The fraction of sp³-hybridized carbons (Fsp3) is 0.538. The molecule has 0 atom stereocenters. The fourth-order valence-corrected chi connectivity index (χ4v) is 2.10. The Hall–Kier alpha value is -0.930. The Morgan fingerprint density at radius 2 is 2.19 bits per heavy atom. The first-order chi connectivity index (χ1) is 7.65. The third kappa shape index (κ3) is 2.25. The molecule has 1 saturated carbocycles. The third-order valence-corrected chi connectivity index (χ3v) is 3.50. The molecule has 0 aromatic heterocycles. The lowest BCUT2D eigenvalue weighted by Gasteiger charge is -2.41. The number of hydrogen-bond acceptors (Lipinski definition) is 2. The zero-order chi connectivity index (χ0) is 11.6. The van der Waals surface area contributed by atoms with Gasteiger partial charge in [0.2, 0.25) is 0 Å². The zero-order valence-corrected chi connectivity index (χ0v) is 9.59. The molecular weight excluding hydrogens is 205 g/mol. The van der Waals surface area contributed by atoms with Crippen LogP contribution in [0.5, 0.6) is 0 Å². The molecule has 1 fully saturated rings. The zero-order valence-electron chi connectivity index (χ0n) is 9.59. The molecule has 0 bridgehead atoms. The predicted octanol–water partition coefficient (Wildman–Crippen LogP) is 2.14. The van der Waals surface area contributed by atoms with Crippen molar-refractivity contribution in [3.05, 3.63) is 35.1 Å². The van der Waals surface area contributed by atoms with Crippen molar-refractivity contribution in [3.63, 3.8) is 0 Å². The number of rotatable bonds is 4. The van der Waals surface area contributed by atoms with Crippen molar-refractivity contribution in [2.75, 3.05) is 6.61 Å². The maximum atomic E-state index is 13.1. The van der Waals surface area contributed by atoms with Crippen LogP contribution in [0, 0.1) is 12.7 Å². The summed E-state index contributed by atoms with van der Waals surface area (Å²) in [5.41, 5.74) is 1.66. The number of halogens is 1. The topological polar surface area (TPSA) is 32.3 Å². The second kappa shape index (κ2) is 4.52.